The Balaban J connectivity index is 2.74. The predicted octanol–water partition coefficient (Wildman–Crippen LogP) is 1.27. The molecule has 0 aromatic heterocycles. The van der Waals surface area contributed by atoms with Crippen molar-refractivity contribution in [2.24, 2.45) is 5.73 Å². The van der Waals surface area contributed by atoms with E-state index in [1.165, 1.54) is 0 Å². The smallest absolute Gasteiger partial charge is 0.242 e. The molecule has 0 heterocycles. The highest BCUT2D eigenvalue weighted by Gasteiger charge is 2.37. The van der Waals surface area contributed by atoms with Crippen LogP contribution >= 0.6 is 0 Å². The Labute approximate surface area is 104 Å². The maximum atomic E-state index is 12.4. The summed E-state index contributed by atoms with van der Waals surface area (Å²) in [6.07, 6.45) is 4.68. The predicted molar refractivity (Wildman–Crippen MR) is 68.5 cm³/mol. The lowest BCUT2D eigenvalue weighted by atomic mass is 9.88. The molecule has 0 radical (unpaired) electrons. The van der Waals surface area contributed by atoms with Gasteiger partial charge in [-0.15, -0.1) is 0 Å². The summed E-state index contributed by atoms with van der Waals surface area (Å²) in [5, 5.41) is 9.96. The molecule has 1 aliphatic carbocycles. The second-order valence-corrected chi connectivity index (χ2v) is 5.20. The van der Waals surface area contributed by atoms with E-state index in [4.69, 9.17) is 5.73 Å². The number of likely N-dealkylation sites (N-methyl/N-ethyl adjacent to an activating group) is 1. The second-order valence-electron chi connectivity index (χ2n) is 5.20. The lowest BCUT2D eigenvalue weighted by Gasteiger charge is -2.39. The van der Waals surface area contributed by atoms with E-state index in [-0.39, 0.29) is 11.9 Å². The van der Waals surface area contributed by atoms with Gasteiger partial charge in [0, 0.05) is 7.05 Å². The number of aliphatic hydroxyl groups is 1. The molecule has 1 aliphatic rings. The van der Waals surface area contributed by atoms with Crippen LogP contribution in [0.3, 0.4) is 0 Å². The van der Waals surface area contributed by atoms with E-state index in [0.717, 1.165) is 25.7 Å². The first-order valence-electron chi connectivity index (χ1n) is 6.70. The van der Waals surface area contributed by atoms with E-state index in [2.05, 4.69) is 0 Å². The van der Waals surface area contributed by atoms with Crippen molar-refractivity contribution in [1.82, 2.24) is 4.90 Å². The second kappa shape index (κ2) is 5.83. The van der Waals surface area contributed by atoms with Crippen LogP contribution < -0.4 is 5.73 Å². The first-order valence-corrected chi connectivity index (χ1v) is 6.70. The van der Waals surface area contributed by atoms with Crippen LogP contribution in [0.1, 0.15) is 52.4 Å². The van der Waals surface area contributed by atoms with E-state index in [1.807, 2.05) is 13.8 Å². The third-order valence-electron chi connectivity index (χ3n) is 4.20. The molecule has 17 heavy (non-hydrogen) atoms. The van der Waals surface area contributed by atoms with Crippen LogP contribution in [-0.2, 0) is 4.79 Å². The zero-order chi connectivity index (χ0) is 13.1. The Morgan fingerprint density at radius 2 is 1.88 bits per heavy atom. The fourth-order valence-corrected chi connectivity index (χ4v) is 2.60. The number of hydrogen-bond acceptors (Lipinski definition) is 3. The highest BCUT2D eigenvalue weighted by Crippen LogP contribution is 2.25. The minimum Gasteiger partial charge on any atom is -0.391 e. The molecule has 1 amide bonds. The number of nitrogens with two attached hydrogens (primary N) is 1. The summed E-state index contributed by atoms with van der Waals surface area (Å²) in [6, 6.07) is -0.0581. The molecule has 0 aliphatic heterocycles. The molecule has 100 valence electrons. The Morgan fingerprint density at radius 1 is 1.35 bits per heavy atom. The topological polar surface area (TPSA) is 66.6 Å². The summed E-state index contributed by atoms with van der Waals surface area (Å²) < 4.78 is 0. The van der Waals surface area contributed by atoms with E-state index in [1.54, 1.807) is 11.9 Å². The average Bonchev–Trinajstić information content (AvgIpc) is 2.36. The fourth-order valence-electron chi connectivity index (χ4n) is 2.60. The van der Waals surface area contributed by atoms with E-state index in [9.17, 15) is 9.90 Å². The van der Waals surface area contributed by atoms with Gasteiger partial charge in [0.15, 0.2) is 0 Å². The number of carbonyl (C=O) groups is 1. The van der Waals surface area contributed by atoms with Crippen LogP contribution in [0.5, 0.6) is 0 Å². The Kier molecular flexibility index (Phi) is 4.95. The Bertz CT molecular complexity index is 264. The molecular formula is C13H26N2O2. The van der Waals surface area contributed by atoms with Gasteiger partial charge in [0.25, 0.3) is 0 Å². The SMILES string of the molecule is CCC(N)(CC)C(=O)N(C)C1CCCCC1O. The van der Waals surface area contributed by atoms with Crippen LogP contribution in [0, 0.1) is 0 Å². The highest BCUT2D eigenvalue weighted by molar-refractivity contribution is 5.86. The van der Waals surface area contributed by atoms with Gasteiger partial charge in [-0.1, -0.05) is 26.7 Å². The van der Waals surface area contributed by atoms with Gasteiger partial charge in [0.1, 0.15) is 0 Å². The van der Waals surface area contributed by atoms with Crippen molar-refractivity contribution in [2.45, 2.75) is 70.1 Å². The molecule has 2 unspecified atom stereocenters. The van der Waals surface area contributed by atoms with Crippen molar-refractivity contribution >= 4 is 5.91 Å². The van der Waals surface area contributed by atoms with Crippen LogP contribution in [-0.4, -0.2) is 40.6 Å². The zero-order valence-corrected chi connectivity index (χ0v) is 11.3. The van der Waals surface area contributed by atoms with Crippen LogP contribution in [0.25, 0.3) is 0 Å². The summed E-state index contributed by atoms with van der Waals surface area (Å²) in [6.45, 7) is 3.87. The molecule has 0 saturated heterocycles. The summed E-state index contributed by atoms with van der Waals surface area (Å²) >= 11 is 0. The van der Waals surface area contributed by atoms with Crippen LogP contribution in [0.15, 0.2) is 0 Å². The van der Waals surface area contributed by atoms with Crippen molar-refractivity contribution in [3.63, 3.8) is 0 Å². The van der Waals surface area contributed by atoms with Crippen molar-refractivity contribution in [2.75, 3.05) is 7.05 Å². The lowest BCUT2D eigenvalue weighted by Crippen LogP contribution is -2.58. The Morgan fingerprint density at radius 3 is 2.35 bits per heavy atom. The summed E-state index contributed by atoms with van der Waals surface area (Å²) in [4.78, 5) is 14.0. The zero-order valence-electron chi connectivity index (χ0n) is 11.3. The average molecular weight is 242 g/mol. The van der Waals surface area contributed by atoms with Gasteiger partial charge in [-0.3, -0.25) is 4.79 Å². The molecular weight excluding hydrogens is 216 g/mol. The minimum atomic E-state index is -0.772. The van der Waals surface area contributed by atoms with Crippen molar-refractivity contribution < 1.29 is 9.90 Å². The summed E-state index contributed by atoms with van der Waals surface area (Å²) in [5.74, 6) is -0.0338. The molecule has 1 saturated carbocycles. The number of hydrogen-bond donors (Lipinski definition) is 2. The number of aliphatic hydroxyl groups excluding tert-OH is 1. The van der Waals surface area contributed by atoms with Gasteiger partial charge in [0.2, 0.25) is 5.91 Å². The van der Waals surface area contributed by atoms with Crippen molar-refractivity contribution in [3.8, 4) is 0 Å². The molecule has 1 rings (SSSR count). The fraction of sp³-hybridized carbons (Fsp3) is 0.923. The summed E-state index contributed by atoms with van der Waals surface area (Å²) in [7, 11) is 1.77. The minimum absolute atomic E-state index is 0.0338. The first kappa shape index (κ1) is 14.5. The maximum Gasteiger partial charge on any atom is 0.242 e. The highest BCUT2D eigenvalue weighted by atomic mass is 16.3. The Hall–Kier alpha value is -0.610. The molecule has 0 bridgehead atoms. The number of carbonyl (C=O) groups excluding carboxylic acids is 1. The molecule has 3 N–H and O–H groups in total. The van der Waals surface area contributed by atoms with E-state index >= 15 is 0 Å². The van der Waals surface area contributed by atoms with E-state index < -0.39 is 11.6 Å². The van der Waals surface area contributed by atoms with Gasteiger partial charge >= 0.3 is 0 Å². The van der Waals surface area contributed by atoms with Gasteiger partial charge < -0.3 is 15.7 Å². The monoisotopic (exact) mass is 242 g/mol. The molecule has 0 spiro atoms. The third kappa shape index (κ3) is 2.99. The maximum absolute atomic E-state index is 12.4. The van der Waals surface area contributed by atoms with Crippen LogP contribution in [0.2, 0.25) is 0 Å². The normalized spacial score (nSPS) is 25.7. The quantitative estimate of drug-likeness (QED) is 0.780. The third-order valence-corrected chi connectivity index (χ3v) is 4.20. The largest absolute Gasteiger partial charge is 0.391 e. The van der Waals surface area contributed by atoms with E-state index in [0.29, 0.717) is 12.8 Å². The molecule has 4 nitrogen and oxygen atoms in total. The number of nitrogens with zero attached hydrogens (tertiary/aromatic N) is 1. The molecule has 0 aromatic carbocycles. The van der Waals surface area contributed by atoms with Gasteiger partial charge in [-0.25, -0.2) is 0 Å². The number of amides is 1. The van der Waals surface area contributed by atoms with Crippen molar-refractivity contribution in [1.29, 1.82) is 0 Å². The molecule has 2 atom stereocenters. The summed E-state index contributed by atoms with van der Waals surface area (Å²) in [5.41, 5.74) is 5.35. The van der Waals surface area contributed by atoms with Gasteiger partial charge in [-0.05, 0) is 25.7 Å². The molecule has 1 fully saturated rings. The van der Waals surface area contributed by atoms with Gasteiger partial charge in [-0.2, -0.15) is 0 Å². The number of rotatable bonds is 4. The standard InChI is InChI=1S/C13H26N2O2/c1-4-13(14,5-2)12(17)15(3)10-8-6-7-9-11(10)16/h10-11,16H,4-9,14H2,1-3H3. The van der Waals surface area contributed by atoms with Crippen LogP contribution in [0.4, 0.5) is 0 Å². The van der Waals surface area contributed by atoms with Crippen molar-refractivity contribution in [3.05, 3.63) is 0 Å². The lowest BCUT2D eigenvalue weighted by molar-refractivity contribution is -0.141. The van der Waals surface area contributed by atoms with Gasteiger partial charge in [0.05, 0.1) is 17.7 Å². The molecule has 4 heteroatoms. The molecule has 0 aromatic rings. The first-order chi connectivity index (χ1) is 7.96.